The average molecular weight is 751 g/mol. The summed E-state index contributed by atoms with van der Waals surface area (Å²) in [6.07, 6.45) is 0. The lowest BCUT2D eigenvalue weighted by Crippen LogP contribution is -2.35. The molecule has 0 unspecified atom stereocenters. The van der Waals surface area contributed by atoms with Gasteiger partial charge < -0.3 is 9.47 Å². The van der Waals surface area contributed by atoms with Crippen LogP contribution in [0, 0.1) is 0 Å². The fourth-order valence-electron chi connectivity index (χ4n) is 10.0. The van der Waals surface area contributed by atoms with Crippen LogP contribution in [0.1, 0.15) is 16.7 Å². The summed E-state index contributed by atoms with van der Waals surface area (Å²) in [5, 5.41) is 7.33. The van der Waals surface area contributed by atoms with Gasteiger partial charge in [0.2, 0.25) is 0 Å². The molecule has 2 nitrogen and oxygen atoms in total. The van der Waals surface area contributed by atoms with Crippen molar-refractivity contribution in [2.45, 2.75) is 5.54 Å². The summed E-state index contributed by atoms with van der Waals surface area (Å²) in [5.74, 6) is 0. The minimum atomic E-state index is -0.636. The predicted molar refractivity (Wildman–Crippen MR) is 248 cm³/mol. The number of hydrogen-bond donors (Lipinski definition) is 0. The van der Waals surface area contributed by atoms with Gasteiger partial charge in [-0.15, -0.1) is 0 Å². The first-order chi connectivity index (χ1) is 29.3. The van der Waals surface area contributed by atoms with Crippen molar-refractivity contribution >= 4 is 60.4 Å². The van der Waals surface area contributed by atoms with Crippen molar-refractivity contribution in [3.63, 3.8) is 0 Å². The molecule has 59 heavy (non-hydrogen) atoms. The Labute approximate surface area is 343 Å². The van der Waals surface area contributed by atoms with E-state index in [1.807, 2.05) is 0 Å². The van der Waals surface area contributed by atoms with Gasteiger partial charge in [0.1, 0.15) is 5.54 Å². The summed E-state index contributed by atoms with van der Waals surface area (Å²) in [4.78, 5) is 2.43. The van der Waals surface area contributed by atoms with Crippen LogP contribution in [0.3, 0.4) is 0 Å². The number of para-hydroxylation sites is 1. The Hall–Kier alpha value is -7.68. The summed E-state index contributed by atoms with van der Waals surface area (Å²) in [6.45, 7) is 0. The third kappa shape index (κ3) is 5.00. The van der Waals surface area contributed by atoms with Gasteiger partial charge in [-0.25, -0.2) is 0 Å². The summed E-state index contributed by atoms with van der Waals surface area (Å²) in [5.41, 5.74) is 13.9. The molecule has 0 amide bonds. The Balaban J connectivity index is 1.15. The molecule has 1 aromatic heterocycles. The van der Waals surface area contributed by atoms with Crippen molar-refractivity contribution in [2.75, 3.05) is 4.90 Å². The molecule has 0 radical (unpaired) electrons. The maximum atomic E-state index is 2.65. The topological polar surface area (TPSA) is 8.17 Å². The maximum Gasteiger partial charge on any atom is 0.122 e. The molecular weight excluding hydrogens is 713 g/mol. The SMILES string of the molecule is c1ccc(-c2ccc(N(c3ccc4c(c3)c3ccccc3n4C3(c4ccc5ccccc5c4)c4ccccc4-c4ccccc43)c3cccc4ccccc34)cc2)cc1. The molecular formula is C57H38N2. The molecule has 0 N–H and O–H groups in total. The number of aromatic nitrogens is 1. The van der Waals surface area contributed by atoms with Gasteiger partial charge in [0.05, 0.1) is 16.7 Å². The average Bonchev–Trinajstić information content (AvgIpc) is 3.80. The van der Waals surface area contributed by atoms with Gasteiger partial charge in [-0.1, -0.05) is 182 Å². The van der Waals surface area contributed by atoms with Gasteiger partial charge in [-0.2, -0.15) is 0 Å². The zero-order chi connectivity index (χ0) is 38.9. The fourth-order valence-corrected chi connectivity index (χ4v) is 10.0. The highest BCUT2D eigenvalue weighted by Crippen LogP contribution is 2.56. The zero-order valence-corrected chi connectivity index (χ0v) is 32.3. The summed E-state index contributed by atoms with van der Waals surface area (Å²) in [6, 6.07) is 84.9. The Morgan fingerprint density at radius 3 is 1.69 bits per heavy atom. The van der Waals surface area contributed by atoms with Crippen LogP contribution in [0.5, 0.6) is 0 Å². The summed E-state index contributed by atoms with van der Waals surface area (Å²) < 4.78 is 2.65. The van der Waals surface area contributed by atoms with Gasteiger partial charge in [-0.3, -0.25) is 0 Å². The number of hydrogen-bond acceptors (Lipinski definition) is 1. The minimum Gasteiger partial charge on any atom is -0.322 e. The quantitative estimate of drug-likeness (QED) is 0.164. The van der Waals surface area contributed by atoms with E-state index < -0.39 is 5.54 Å². The molecule has 1 aliphatic rings. The van der Waals surface area contributed by atoms with Gasteiger partial charge in [0, 0.05) is 27.5 Å². The van der Waals surface area contributed by atoms with Crippen molar-refractivity contribution in [3.05, 3.63) is 247 Å². The van der Waals surface area contributed by atoms with E-state index in [0.29, 0.717) is 0 Å². The van der Waals surface area contributed by atoms with E-state index in [1.165, 1.54) is 82.3 Å². The Morgan fingerprint density at radius 1 is 0.339 bits per heavy atom. The van der Waals surface area contributed by atoms with E-state index in [-0.39, 0.29) is 0 Å². The highest BCUT2D eigenvalue weighted by Gasteiger charge is 2.47. The highest BCUT2D eigenvalue weighted by molar-refractivity contribution is 6.11. The second kappa shape index (κ2) is 13.2. The number of anilines is 3. The molecule has 0 spiro atoms. The monoisotopic (exact) mass is 750 g/mol. The van der Waals surface area contributed by atoms with Crippen LogP contribution in [0.25, 0.3) is 65.6 Å². The van der Waals surface area contributed by atoms with Crippen molar-refractivity contribution in [1.82, 2.24) is 4.57 Å². The van der Waals surface area contributed by atoms with Crippen LogP contribution in [0.4, 0.5) is 17.1 Å². The lowest BCUT2D eigenvalue weighted by atomic mass is 9.79. The predicted octanol–water partition coefficient (Wildman–Crippen LogP) is 15.1. The summed E-state index contributed by atoms with van der Waals surface area (Å²) in [7, 11) is 0. The van der Waals surface area contributed by atoms with Crippen molar-refractivity contribution in [1.29, 1.82) is 0 Å². The molecule has 276 valence electrons. The molecule has 2 heteroatoms. The molecule has 10 aromatic carbocycles. The molecule has 1 heterocycles. The highest BCUT2D eigenvalue weighted by atomic mass is 15.1. The molecule has 0 bridgehead atoms. The third-order valence-corrected chi connectivity index (χ3v) is 12.6. The number of nitrogens with zero attached hydrogens (tertiary/aromatic N) is 2. The van der Waals surface area contributed by atoms with E-state index >= 15 is 0 Å². The Kier molecular flexibility index (Phi) is 7.48. The first-order valence-corrected chi connectivity index (χ1v) is 20.4. The van der Waals surface area contributed by atoms with E-state index in [9.17, 15) is 0 Å². The molecule has 0 fully saturated rings. The molecule has 1 aliphatic carbocycles. The van der Waals surface area contributed by atoms with E-state index in [4.69, 9.17) is 0 Å². The third-order valence-electron chi connectivity index (χ3n) is 12.6. The normalized spacial score (nSPS) is 12.9. The van der Waals surface area contributed by atoms with Crippen molar-refractivity contribution < 1.29 is 0 Å². The smallest absolute Gasteiger partial charge is 0.122 e. The van der Waals surface area contributed by atoms with Gasteiger partial charge in [-0.05, 0) is 104 Å². The molecule has 11 aromatic rings. The molecule has 12 rings (SSSR count). The van der Waals surface area contributed by atoms with Crippen LogP contribution in [-0.4, -0.2) is 4.57 Å². The van der Waals surface area contributed by atoms with Crippen LogP contribution in [-0.2, 0) is 5.54 Å². The molecule has 0 saturated carbocycles. The van der Waals surface area contributed by atoms with Crippen LogP contribution >= 0.6 is 0 Å². The zero-order valence-electron chi connectivity index (χ0n) is 32.3. The van der Waals surface area contributed by atoms with Gasteiger partial charge in [0.15, 0.2) is 0 Å². The molecule has 0 saturated heterocycles. The number of benzene rings is 10. The Morgan fingerprint density at radius 2 is 0.915 bits per heavy atom. The molecule has 0 aliphatic heterocycles. The maximum absolute atomic E-state index is 2.65. The van der Waals surface area contributed by atoms with Crippen LogP contribution in [0.2, 0.25) is 0 Å². The first kappa shape index (κ1) is 33.5. The van der Waals surface area contributed by atoms with E-state index in [2.05, 4.69) is 240 Å². The second-order valence-electron chi connectivity index (χ2n) is 15.7. The fraction of sp³-hybridized carbons (Fsp3) is 0.0175. The van der Waals surface area contributed by atoms with Crippen LogP contribution in [0.15, 0.2) is 231 Å². The number of rotatable bonds is 6. The van der Waals surface area contributed by atoms with Gasteiger partial charge in [0.25, 0.3) is 0 Å². The van der Waals surface area contributed by atoms with Crippen LogP contribution < -0.4 is 4.90 Å². The van der Waals surface area contributed by atoms with Crippen molar-refractivity contribution in [3.8, 4) is 22.3 Å². The van der Waals surface area contributed by atoms with E-state index in [0.717, 1.165) is 17.1 Å². The van der Waals surface area contributed by atoms with Crippen molar-refractivity contribution in [2.24, 2.45) is 0 Å². The van der Waals surface area contributed by atoms with Gasteiger partial charge >= 0.3 is 0 Å². The lowest BCUT2D eigenvalue weighted by molar-refractivity contribution is 0.564. The first-order valence-electron chi connectivity index (χ1n) is 20.4. The summed E-state index contributed by atoms with van der Waals surface area (Å²) >= 11 is 0. The standard InChI is InChI=1S/C57H38N2/c1-2-15-39(16-3-1)41-30-33-45(34-31-41)58(54-28-14-20-42-18-6-7-21-47(42)54)46-35-36-56-51(38-46)50-24-10-13-27-55(50)59(56)57(44-32-29-40-17-4-5-19-43(40)37-44)52-25-11-8-22-48(52)49-23-9-12-26-53(49)57/h1-38H. The largest absolute Gasteiger partial charge is 0.322 e. The lowest BCUT2D eigenvalue weighted by Gasteiger charge is -2.37. The Bertz CT molecular complexity index is 3340. The number of fused-ring (bicyclic) bond motifs is 8. The van der Waals surface area contributed by atoms with E-state index in [1.54, 1.807) is 0 Å². The second-order valence-corrected chi connectivity index (χ2v) is 15.7. The minimum absolute atomic E-state index is 0.636. The molecule has 0 atom stereocenters.